The molecule has 1 aliphatic carbocycles. The summed E-state index contributed by atoms with van der Waals surface area (Å²) in [5.41, 5.74) is 7.68. The Morgan fingerprint density at radius 1 is 1.15 bits per heavy atom. The Morgan fingerprint density at radius 2 is 1.78 bits per heavy atom. The first-order valence-electron chi connectivity index (χ1n) is 9.46. The summed E-state index contributed by atoms with van der Waals surface area (Å²) in [6.07, 6.45) is 4.54. The van der Waals surface area contributed by atoms with Gasteiger partial charge in [-0.15, -0.1) is 12.4 Å². The molecule has 2 aliphatic rings. The van der Waals surface area contributed by atoms with E-state index in [-0.39, 0.29) is 18.3 Å². The van der Waals surface area contributed by atoms with Crippen molar-refractivity contribution in [1.82, 2.24) is 9.21 Å². The minimum Gasteiger partial charge on any atom is -0.338 e. The summed E-state index contributed by atoms with van der Waals surface area (Å²) in [6.45, 7) is 5.16. The van der Waals surface area contributed by atoms with E-state index in [0.717, 1.165) is 31.2 Å². The predicted octanol–water partition coefficient (Wildman–Crippen LogP) is 1.95. The summed E-state index contributed by atoms with van der Waals surface area (Å²) < 4.78 is 27.4. The molecule has 0 spiro atoms. The summed E-state index contributed by atoms with van der Waals surface area (Å²) in [7, 11) is -3.51. The smallest absolute Gasteiger partial charge is 0.243 e. The molecule has 152 valence electrons. The molecule has 1 fully saturated rings. The molecule has 0 radical (unpaired) electrons. The van der Waals surface area contributed by atoms with Crippen LogP contribution in [0.25, 0.3) is 0 Å². The van der Waals surface area contributed by atoms with E-state index in [2.05, 4.69) is 0 Å². The molecule has 1 aliphatic heterocycles. The Balaban J connectivity index is 0.00000261. The van der Waals surface area contributed by atoms with Gasteiger partial charge in [0.15, 0.2) is 0 Å². The lowest BCUT2D eigenvalue weighted by Gasteiger charge is -2.38. The molecule has 6 nitrogen and oxygen atoms in total. The van der Waals surface area contributed by atoms with E-state index in [4.69, 9.17) is 5.73 Å². The molecule has 1 atom stereocenters. The van der Waals surface area contributed by atoms with E-state index in [0.29, 0.717) is 37.5 Å². The molecule has 1 amide bonds. The molecule has 0 bridgehead atoms. The number of amides is 1. The average molecular weight is 416 g/mol. The van der Waals surface area contributed by atoms with Crippen LogP contribution < -0.4 is 5.73 Å². The monoisotopic (exact) mass is 415 g/mol. The van der Waals surface area contributed by atoms with Crippen LogP contribution in [-0.2, 0) is 27.7 Å². The van der Waals surface area contributed by atoms with Gasteiger partial charge < -0.3 is 10.6 Å². The SMILES string of the molecule is CCCC(C)(N)C(=O)N1CCN(S(=O)(=O)c2ccc3c(c2)CCC3)CC1.Cl. The van der Waals surface area contributed by atoms with Crippen LogP contribution >= 0.6 is 12.4 Å². The standard InChI is InChI=1S/C19H29N3O3S.ClH/c1-3-9-19(2,20)18(23)21-10-12-22(13-11-21)26(24,25)17-8-7-15-5-4-6-16(15)14-17;/h7-8,14H,3-6,9-13,20H2,1-2H3;1H. The number of benzene rings is 1. The maximum absolute atomic E-state index is 13.0. The first-order chi connectivity index (χ1) is 12.3. The molecule has 3 rings (SSSR count). The quantitative estimate of drug-likeness (QED) is 0.796. The number of hydrogen-bond donors (Lipinski definition) is 1. The Morgan fingerprint density at radius 3 is 2.41 bits per heavy atom. The number of sulfonamides is 1. The maximum Gasteiger partial charge on any atom is 0.243 e. The lowest BCUT2D eigenvalue weighted by atomic mass is 9.95. The third-order valence-corrected chi connectivity index (χ3v) is 7.39. The number of piperazine rings is 1. The van der Waals surface area contributed by atoms with Crippen LogP contribution in [0.15, 0.2) is 23.1 Å². The van der Waals surface area contributed by atoms with Crippen LogP contribution in [0.4, 0.5) is 0 Å². The molecule has 1 saturated heterocycles. The third kappa shape index (κ3) is 4.47. The molecule has 1 heterocycles. The minimum atomic E-state index is -3.51. The van der Waals surface area contributed by atoms with E-state index in [9.17, 15) is 13.2 Å². The van der Waals surface area contributed by atoms with Crippen molar-refractivity contribution in [3.05, 3.63) is 29.3 Å². The molecular weight excluding hydrogens is 386 g/mol. The molecule has 8 heteroatoms. The van der Waals surface area contributed by atoms with E-state index >= 15 is 0 Å². The van der Waals surface area contributed by atoms with E-state index in [1.807, 2.05) is 19.1 Å². The summed E-state index contributed by atoms with van der Waals surface area (Å²) in [6, 6.07) is 5.49. The number of aryl methyl sites for hydroxylation is 2. The number of carbonyl (C=O) groups excluding carboxylic acids is 1. The third-order valence-electron chi connectivity index (χ3n) is 5.49. The molecule has 1 aromatic carbocycles. The fourth-order valence-corrected chi connectivity index (χ4v) is 5.45. The lowest BCUT2D eigenvalue weighted by molar-refractivity contribution is -0.137. The van der Waals surface area contributed by atoms with Crippen LogP contribution in [-0.4, -0.2) is 55.2 Å². The van der Waals surface area contributed by atoms with Gasteiger partial charge in [0, 0.05) is 26.2 Å². The fourth-order valence-electron chi connectivity index (χ4n) is 3.98. The Bertz CT molecular complexity index is 787. The second kappa shape index (κ2) is 8.47. The van der Waals surface area contributed by atoms with Crippen molar-refractivity contribution >= 4 is 28.3 Å². The topological polar surface area (TPSA) is 83.7 Å². The van der Waals surface area contributed by atoms with E-state index in [1.54, 1.807) is 17.9 Å². The highest BCUT2D eigenvalue weighted by Gasteiger charge is 2.36. The van der Waals surface area contributed by atoms with Gasteiger partial charge in [-0.1, -0.05) is 19.4 Å². The minimum absolute atomic E-state index is 0. The van der Waals surface area contributed by atoms with Crippen molar-refractivity contribution in [2.75, 3.05) is 26.2 Å². The van der Waals surface area contributed by atoms with Crippen molar-refractivity contribution in [3.63, 3.8) is 0 Å². The van der Waals surface area contributed by atoms with Crippen molar-refractivity contribution in [1.29, 1.82) is 0 Å². The molecule has 0 saturated carbocycles. The van der Waals surface area contributed by atoms with Gasteiger partial charge in [-0.05, 0) is 55.9 Å². The highest BCUT2D eigenvalue weighted by atomic mass is 35.5. The van der Waals surface area contributed by atoms with Crippen LogP contribution in [0.2, 0.25) is 0 Å². The molecule has 2 N–H and O–H groups in total. The Labute approximate surface area is 168 Å². The molecular formula is C19H30ClN3O3S. The van der Waals surface area contributed by atoms with Crippen LogP contribution in [0.1, 0.15) is 44.2 Å². The number of nitrogens with two attached hydrogens (primary N) is 1. The summed E-state index contributed by atoms with van der Waals surface area (Å²) in [4.78, 5) is 14.7. The summed E-state index contributed by atoms with van der Waals surface area (Å²) in [5.74, 6) is -0.0890. The normalized spacial score (nSPS) is 19.9. The zero-order chi connectivity index (χ0) is 18.9. The number of nitrogens with zero attached hydrogens (tertiary/aromatic N) is 2. The van der Waals surface area contributed by atoms with Gasteiger partial charge in [-0.2, -0.15) is 4.31 Å². The Hall–Kier alpha value is -1.15. The number of hydrogen-bond acceptors (Lipinski definition) is 4. The van der Waals surface area contributed by atoms with Crippen molar-refractivity contribution in [3.8, 4) is 0 Å². The van der Waals surface area contributed by atoms with Gasteiger partial charge in [0.05, 0.1) is 10.4 Å². The maximum atomic E-state index is 13.0. The number of rotatable bonds is 5. The highest BCUT2D eigenvalue weighted by molar-refractivity contribution is 7.89. The van der Waals surface area contributed by atoms with Crippen molar-refractivity contribution in [2.45, 2.75) is 56.4 Å². The van der Waals surface area contributed by atoms with Crippen LogP contribution in [0.3, 0.4) is 0 Å². The van der Waals surface area contributed by atoms with Gasteiger partial charge in [0.2, 0.25) is 15.9 Å². The summed E-state index contributed by atoms with van der Waals surface area (Å²) in [5, 5.41) is 0. The van der Waals surface area contributed by atoms with Gasteiger partial charge in [0.1, 0.15) is 0 Å². The molecule has 0 aromatic heterocycles. The van der Waals surface area contributed by atoms with Gasteiger partial charge in [0.25, 0.3) is 0 Å². The number of fused-ring (bicyclic) bond motifs is 1. The van der Waals surface area contributed by atoms with Crippen molar-refractivity contribution < 1.29 is 13.2 Å². The summed E-state index contributed by atoms with van der Waals surface area (Å²) >= 11 is 0. The fraction of sp³-hybridized carbons (Fsp3) is 0.632. The second-order valence-corrected chi connectivity index (χ2v) is 9.59. The first-order valence-corrected chi connectivity index (χ1v) is 10.9. The van der Waals surface area contributed by atoms with Crippen LogP contribution in [0.5, 0.6) is 0 Å². The predicted molar refractivity (Wildman–Crippen MR) is 109 cm³/mol. The number of carbonyl (C=O) groups is 1. The van der Waals surface area contributed by atoms with Crippen LogP contribution in [0, 0.1) is 0 Å². The second-order valence-electron chi connectivity index (χ2n) is 7.65. The molecule has 1 aromatic rings. The lowest BCUT2D eigenvalue weighted by Crippen LogP contribution is -2.58. The van der Waals surface area contributed by atoms with E-state index < -0.39 is 15.6 Å². The van der Waals surface area contributed by atoms with Gasteiger partial charge >= 0.3 is 0 Å². The molecule has 27 heavy (non-hydrogen) atoms. The Kier molecular flexibility index (Phi) is 6.95. The molecule has 1 unspecified atom stereocenters. The van der Waals surface area contributed by atoms with Gasteiger partial charge in [-0.3, -0.25) is 4.79 Å². The zero-order valence-corrected chi connectivity index (χ0v) is 17.7. The average Bonchev–Trinajstić information content (AvgIpc) is 3.09. The van der Waals surface area contributed by atoms with Gasteiger partial charge in [-0.25, -0.2) is 8.42 Å². The van der Waals surface area contributed by atoms with Crippen molar-refractivity contribution in [2.24, 2.45) is 5.73 Å². The first kappa shape index (κ1) is 22.1. The number of halogens is 1. The van der Waals surface area contributed by atoms with E-state index in [1.165, 1.54) is 9.87 Å². The zero-order valence-electron chi connectivity index (χ0n) is 16.1. The largest absolute Gasteiger partial charge is 0.338 e. The highest BCUT2D eigenvalue weighted by Crippen LogP contribution is 2.27.